The van der Waals surface area contributed by atoms with Crippen molar-refractivity contribution in [3.63, 3.8) is 0 Å². The van der Waals surface area contributed by atoms with Gasteiger partial charge in [-0.1, -0.05) is 6.92 Å². The van der Waals surface area contributed by atoms with E-state index in [0.29, 0.717) is 5.95 Å². The van der Waals surface area contributed by atoms with Crippen molar-refractivity contribution in [3.05, 3.63) is 17.5 Å². The predicted molar refractivity (Wildman–Crippen MR) is 64.0 cm³/mol. The van der Waals surface area contributed by atoms with Crippen LogP contribution in [0.25, 0.3) is 0 Å². The third kappa shape index (κ3) is 2.68. The van der Waals surface area contributed by atoms with Gasteiger partial charge in [0, 0.05) is 44.5 Å². The van der Waals surface area contributed by atoms with Gasteiger partial charge < -0.3 is 11.1 Å². The second-order valence-electron chi connectivity index (χ2n) is 4.08. The molecule has 0 bridgehead atoms. The molecule has 1 aromatic rings. The van der Waals surface area contributed by atoms with Crippen LogP contribution < -0.4 is 11.1 Å². The summed E-state index contributed by atoms with van der Waals surface area (Å²) < 4.78 is 0. The van der Waals surface area contributed by atoms with Crippen molar-refractivity contribution in [1.29, 1.82) is 0 Å². The van der Waals surface area contributed by atoms with Crippen LogP contribution in [0.3, 0.4) is 0 Å². The molecule has 0 unspecified atom stereocenters. The highest BCUT2D eigenvalue weighted by atomic mass is 15.2. The van der Waals surface area contributed by atoms with Gasteiger partial charge in [0.25, 0.3) is 0 Å². The normalized spacial score (nSPS) is 17.6. The first-order chi connectivity index (χ1) is 7.79. The van der Waals surface area contributed by atoms with E-state index in [2.05, 4.69) is 27.1 Å². The Morgan fingerprint density at radius 3 is 2.88 bits per heavy atom. The van der Waals surface area contributed by atoms with E-state index in [1.807, 2.05) is 6.20 Å². The van der Waals surface area contributed by atoms with Gasteiger partial charge in [0.15, 0.2) is 0 Å². The van der Waals surface area contributed by atoms with E-state index in [0.717, 1.165) is 44.8 Å². The molecule has 88 valence electrons. The van der Waals surface area contributed by atoms with Crippen molar-refractivity contribution in [1.82, 2.24) is 20.2 Å². The molecule has 0 amide bonds. The van der Waals surface area contributed by atoms with Gasteiger partial charge in [0.1, 0.15) is 0 Å². The lowest BCUT2D eigenvalue weighted by atomic mass is 10.1. The smallest absolute Gasteiger partial charge is 0.220 e. The topological polar surface area (TPSA) is 67.1 Å². The minimum absolute atomic E-state index is 0.376. The molecular weight excluding hydrogens is 202 g/mol. The van der Waals surface area contributed by atoms with Crippen molar-refractivity contribution < 1.29 is 0 Å². The number of nitrogens with one attached hydrogen (secondary N) is 1. The van der Waals surface area contributed by atoms with Crippen LogP contribution >= 0.6 is 0 Å². The van der Waals surface area contributed by atoms with E-state index in [-0.39, 0.29) is 0 Å². The van der Waals surface area contributed by atoms with Crippen LogP contribution in [0.15, 0.2) is 6.20 Å². The van der Waals surface area contributed by atoms with Gasteiger partial charge >= 0.3 is 0 Å². The van der Waals surface area contributed by atoms with Crippen LogP contribution in [0.5, 0.6) is 0 Å². The summed E-state index contributed by atoms with van der Waals surface area (Å²) in [5, 5.41) is 3.35. The second kappa shape index (κ2) is 5.23. The van der Waals surface area contributed by atoms with Gasteiger partial charge in [0.05, 0.1) is 5.69 Å². The minimum Gasteiger partial charge on any atom is -0.368 e. The van der Waals surface area contributed by atoms with Gasteiger partial charge in [-0.05, 0) is 6.42 Å². The molecule has 0 saturated carbocycles. The number of nitrogens with zero attached hydrogens (tertiary/aromatic N) is 3. The van der Waals surface area contributed by atoms with Gasteiger partial charge in [0.2, 0.25) is 5.95 Å². The lowest BCUT2D eigenvalue weighted by molar-refractivity contribution is 0.232. The molecule has 0 aliphatic carbocycles. The Bertz CT molecular complexity index is 346. The molecule has 16 heavy (non-hydrogen) atoms. The molecule has 0 spiro atoms. The monoisotopic (exact) mass is 221 g/mol. The highest BCUT2D eigenvalue weighted by Gasteiger charge is 2.12. The van der Waals surface area contributed by atoms with Crippen molar-refractivity contribution in [3.8, 4) is 0 Å². The summed E-state index contributed by atoms with van der Waals surface area (Å²) in [4.78, 5) is 10.8. The number of rotatable bonds is 3. The number of aromatic nitrogens is 2. The molecule has 0 radical (unpaired) electrons. The number of piperazine rings is 1. The maximum absolute atomic E-state index is 5.59. The summed E-state index contributed by atoms with van der Waals surface area (Å²) in [5.74, 6) is 0.376. The number of aryl methyl sites for hydroxylation is 1. The quantitative estimate of drug-likeness (QED) is 0.753. The minimum atomic E-state index is 0.376. The van der Waals surface area contributed by atoms with E-state index in [4.69, 9.17) is 5.73 Å². The number of anilines is 1. The molecule has 1 saturated heterocycles. The molecule has 1 aromatic heterocycles. The Kier molecular flexibility index (Phi) is 3.69. The van der Waals surface area contributed by atoms with E-state index < -0.39 is 0 Å². The maximum atomic E-state index is 5.59. The zero-order chi connectivity index (χ0) is 11.4. The lowest BCUT2D eigenvalue weighted by Crippen LogP contribution is -2.43. The molecule has 0 atom stereocenters. The van der Waals surface area contributed by atoms with Crippen molar-refractivity contribution in [2.45, 2.75) is 19.9 Å². The molecular formula is C11H19N5. The molecule has 5 heteroatoms. The first kappa shape index (κ1) is 11.3. The maximum Gasteiger partial charge on any atom is 0.220 e. The molecule has 1 aliphatic heterocycles. The first-order valence-electron chi connectivity index (χ1n) is 5.83. The van der Waals surface area contributed by atoms with Gasteiger partial charge in [-0.2, -0.15) is 0 Å². The fourth-order valence-electron chi connectivity index (χ4n) is 2.01. The summed E-state index contributed by atoms with van der Waals surface area (Å²) in [6, 6.07) is 0. The summed E-state index contributed by atoms with van der Waals surface area (Å²) in [5.41, 5.74) is 7.87. The third-order valence-electron chi connectivity index (χ3n) is 2.91. The number of nitrogens with two attached hydrogens (primary N) is 1. The van der Waals surface area contributed by atoms with Crippen LogP contribution in [-0.2, 0) is 13.0 Å². The number of hydrogen-bond acceptors (Lipinski definition) is 5. The van der Waals surface area contributed by atoms with E-state index in [1.165, 1.54) is 5.56 Å². The third-order valence-corrected chi connectivity index (χ3v) is 2.91. The van der Waals surface area contributed by atoms with Gasteiger partial charge in [-0.15, -0.1) is 0 Å². The number of hydrogen-bond donors (Lipinski definition) is 2. The van der Waals surface area contributed by atoms with Crippen LogP contribution in [0.1, 0.15) is 18.2 Å². The highest BCUT2D eigenvalue weighted by molar-refractivity contribution is 5.25. The average Bonchev–Trinajstić information content (AvgIpc) is 2.33. The van der Waals surface area contributed by atoms with Crippen LogP contribution in [0, 0.1) is 0 Å². The molecule has 2 rings (SSSR count). The summed E-state index contributed by atoms with van der Waals surface area (Å²) in [7, 11) is 0. The fraction of sp³-hybridized carbons (Fsp3) is 0.636. The van der Waals surface area contributed by atoms with Crippen LogP contribution in [-0.4, -0.2) is 41.0 Å². The van der Waals surface area contributed by atoms with E-state index in [9.17, 15) is 0 Å². The molecule has 5 nitrogen and oxygen atoms in total. The summed E-state index contributed by atoms with van der Waals surface area (Å²) in [6.07, 6.45) is 2.78. The Morgan fingerprint density at radius 1 is 1.44 bits per heavy atom. The average molecular weight is 221 g/mol. The number of nitrogen functional groups attached to an aromatic ring is 1. The fourth-order valence-corrected chi connectivity index (χ4v) is 2.01. The van der Waals surface area contributed by atoms with Crippen LogP contribution in [0.4, 0.5) is 5.95 Å². The Labute approximate surface area is 96.1 Å². The van der Waals surface area contributed by atoms with E-state index in [1.54, 1.807) is 0 Å². The first-order valence-corrected chi connectivity index (χ1v) is 5.83. The van der Waals surface area contributed by atoms with Crippen molar-refractivity contribution >= 4 is 5.95 Å². The standard InChI is InChI=1S/C11H19N5/c1-2-10-9(7-14-11(12)15-10)8-16-5-3-13-4-6-16/h7,13H,2-6,8H2,1H3,(H2,12,14,15). The van der Waals surface area contributed by atoms with Crippen molar-refractivity contribution in [2.24, 2.45) is 0 Å². The van der Waals surface area contributed by atoms with Crippen LogP contribution in [0.2, 0.25) is 0 Å². The Morgan fingerprint density at radius 2 is 2.19 bits per heavy atom. The molecule has 0 aromatic carbocycles. The highest BCUT2D eigenvalue weighted by Crippen LogP contribution is 2.11. The van der Waals surface area contributed by atoms with Gasteiger partial charge in [-0.3, -0.25) is 4.90 Å². The predicted octanol–water partition coefficient (Wildman–Crippen LogP) is 0.0264. The summed E-state index contributed by atoms with van der Waals surface area (Å²) in [6.45, 7) is 7.35. The van der Waals surface area contributed by atoms with Gasteiger partial charge in [-0.25, -0.2) is 9.97 Å². The molecule has 1 fully saturated rings. The summed E-state index contributed by atoms with van der Waals surface area (Å²) >= 11 is 0. The SMILES string of the molecule is CCc1nc(N)ncc1CN1CCNCC1. The molecule has 2 heterocycles. The van der Waals surface area contributed by atoms with Crippen molar-refractivity contribution in [2.75, 3.05) is 31.9 Å². The molecule has 3 N–H and O–H groups in total. The Hall–Kier alpha value is -1.20. The lowest BCUT2D eigenvalue weighted by Gasteiger charge is -2.27. The second-order valence-corrected chi connectivity index (χ2v) is 4.08. The zero-order valence-electron chi connectivity index (χ0n) is 9.74. The zero-order valence-corrected chi connectivity index (χ0v) is 9.74. The molecule has 1 aliphatic rings. The Balaban J connectivity index is 2.07. The largest absolute Gasteiger partial charge is 0.368 e. The van der Waals surface area contributed by atoms with E-state index >= 15 is 0 Å².